The molecule has 2 aliphatic heterocycles. The minimum absolute atomic E-state index is 0.0279. The summed E-state index contributed by atoms with van der Waals surface area (Å²) in [6.07, 6.45) is -0.591. The van der Waals surface area contributed by atoms with Gasteiger partial charge in [-0.05, 0) is 23.6 Å². The largest absolute Gasteiger partial charge is 0.485 e. The van der Waals surface area contributed by atoms with Gasteiger partial charge in [-0.3, -0.25) is 14.5 Å². The lowest BCUT2D eigenvalue weighted by Crippen LogP contribution is -2.54. The number of piperazine rings is 1. The second-order valence-corrected chi connectivity index (χ2v) is 7.58. The normalized spacial score (nSPS) is 19.3. The molecule has 1 aromatic carbocycles. The highest BCUT2D eigenvalue weighted by Gasteiger charge is 2.32. The van der Waals surface area contributed by atoms with E-state index in [4.69, 9.17) is 9.47 Å². The second-order valence-electron chi connectivity index (χ2n) is 6.80. The molecule has 28 heavy (non-hydrogen) atoms. The topological polar surface area (TPSA) is 71.1 Å². The minimum atomic E-state index is -0.591. The molecule has 1 unspecified atom stereocenters. The molecule has 2 aliphatic rings. The number of hydrogen-bond acceptors (Lipinski definition) is 6. The summed E-state index contributed by atoms with van der Waals surface area (Å²) >= 11 is 1.51. The van der Waals surface area contributed by atoms with E-state index in [1.54, 1.807) is 0 Å². The molecule has 4 rings (SSSR count). The molecule has 8 heteroatoms. The molecule has 1 aromatic heterocycles. The number of hydrogen-bond donors (Lipinski definition) is 1. The molecular weight excluding hydrogens is 378 g/mol. The fourth-order valence-electron chi connectivity index (χ4n) is 3.36. The Morgan fingerprint density at radius 2 is 1.89 bits per heavy atom. The van der Waals surface area contributed by atoms with Crippen LogP contribution in [0.2, 0.25) is 0 Å². The van der Waals surface area contributed by atoms with Crippen molar-refractivity contribution in [2.45, 2.75) is 6.10 Å². The molecule has 0 bridgehead atoms. The van der Waals surface area contributed by atoms with Crippen LogP contribution in [0.1, 0.15) is 10.4 Å². The number of thiophene rings is 1. The number of nitrogens with one attached hydrogen (secondary N) is 1. The second kappa shape index (κ2) is 8.62. The van der Waals surface area contributed by atoms with Gasteiger partial charge in [0, 0.05) is 50.2 Å². The van der Waals surface area contributed by atoms with Gasteiger partial charge in [-0.2, -0.15) is 11.3 Å². The Labute approximate surface area is 167 Å². The third kappa shape index (κ3) is 4.28. The Hall–Kier alpha value is -2.58. The van der Waals surface area contributed by atoms with Crippen molar-refractivity contribution in [3.63, 3.8) is 0 Å². The number of carbonyl (C=O) groups excluding carboxylic acids is 2. The summed E-state index contributed by atoms with van der Waals surface area (Å²) in [5.74, 6) is 1.23. The first kappa shape index (κ1) is 18.8. The average Bonchev–Trinajstić information content (AvgIpc) is 3.28. The van der Waals surface area contributed by atoms with Crippen molar-refractivity contribution < 1.29 is 19.1 Å². The number of benzene rings is 1. The molecule has 1 atom stereocenters. The van der Waals surface area contributed by atoms with E-state index in [0.717, 1.165) is 19.6 Å². The number of fused-ring (bicyclic) bond motifs is 1. The number of rotatable bonds is 5. The average molecular weight is 401 g/mol. The zero-order valence-corrected chi connectivity index (χ0v) is 16.3. The highest BCUT2D eigenvalue weighted by Crippen LogP contribution is 2.31. The minimum Gasteiger partial charge on any atom is -0.485 e. The van der Waals surface area contributed by atoms with Crippen LogP contribution in [0.25, 0.3) is 0 Å². The quantitative estimate of drug-likeness (QED) is 0.822. The maximum absolute atomic E-state index is 12.8. The van der Waals surface area contributed by atoms with Gasteiger partial charge in [0.1, 0.15) is 6.61 Å². The van der Waals surface area contributed by atoms with Gasteiger partial charge in [0.15, 0.2) is 11.5 Å². The molecule has 0 radical (unpaired) electrons. The van der Waals surface area contributed by atoms with Gasteiger partial charge in [0.25, 0.3) is 11.8 Å². The van der Waals surface area contributed by atoms with Gasteiger partial charge < -0.3 is 19.7 Å². The maximum Gasteiger partial charge on any atom is 0.267 e. The van der Waals surface area contributed by atoms with Crippen LogP contribution in [0.4, 0.5) is 0 Å². The summed E-state index contributed by atoms with van der Waals surface area (Å²) < 4.78 is 11.5. The van der Waals surface area contributed by atoms with Crippen molar-refractivity contribution in [3.8, 4) is 11.5 Å². The lowest BCUT2D eigenvalue weighted by Gasteiger charge is -2.37. The standard InChI is InChI=1S/C20H23N3O4S/c24-19(15-5-12-28-14-15)21-6-7-22-8-10-23(11-9-22)20(25)18-13-26-16-3-1-2-4-17(16)27-18/h1-5,12,14,18H,6-11,13H2,(H,21,24). The van der Waals surface area contributed by atoms with Crippen LogP contribution >= 0.6 is 11.3 Å². The molecule has 0 aliphatic carbocycles. The third-order valence-corrected chi connectivity index (χ3v) is 5.65. The summed E-state index contributed by atoms with van der Waals surface area (Å²) in [5.41, 5.74) is 0.705. The predicted octanol–water partition coefficient (Wildman–Crippen LogP) is 1.46. The zero-order chi connectivity index (χ0) is 19.3. The van der Waals surface area contributed by atoms with E-state index >= 15 is 0 Å². The van der Waals surface area contributed by atoms with E-state index in [-0.39, 0.29) is 18.4 Å². The number of ether oxygens (including phenoxy) is 2. The van der Waals surface area contributed by atoms with Crippen LogP contribution in [-0.2, 0) is 4.79 Å². The third-order valence-electron chi connectivity index (χ3n) is 4.96. The Morgan fingerprint density at radius 3 is 2.64 bits per heavy atom. The monoisotopic (exact) mass is 401 g/mol. The summed E-state index contributed by atoms with van der Waals surface area (Å²) in [4.78, 5) is 28.8. The molecule has 7 nitrogen and oxygen atoms in total. The fourth-order valence-corrected chi connectivity index (χ4v) is 4.00. The van der Waals surface area contributed by atoms with Gasteiger partial charge in [-0.1, -0.05) is 12.1 Å². The summed E-state index contributed by atoms with van der Waals surface area (Å²) in [6, 6.07) is 9.22. The van der Waals surface area contributed by atoms with Crippen molar-refractivity contribution in [2.75, 3.05) is 45.9 Å². The highest BCUT2D eigenvalue weighted by molar-refractivity contribution is 7.08. The van der Waals surface area contributed by atoms with Crippen LogP contribution in [0, 0.1) is 0 Å². The van der Waals surface area contributed by atoms with Gasteiger partial charge in [0.05, 0.1) is 0 Å². The molecular formula is C20H23N3O4S. The van der Waals surface area contributed by atoms with Gasteiger partial charge in [-0.25, -0.2) is 0 Å². The first-order valence-electron chi connectivity index (χ1n) is 9.41. The molecule has 1 N–H and O–H groups in total. The van der Waals surface area contributed by atoms with Crippen LogP contribution in [0.5, 0.6) is 11.5 Å². The lowest BCUT2D eigenvalue weighted by molar-refractivity contribution is -0.143. The molecule has 2 amide bonds. The number of nitrogens with zero attached hydrogens (tertiary/aromatic N) is 2. The molecule has 148 valence electrons. The van der Waals surface area contributed by atoms with Crippen molar-refractivity contribution in [1.29, 1.82) is 0 Å². The van der Waals surface area contributed by atoms with Crippen molar-refractivity contribution in [2.24, 2.45) is 0 Å². The SMILES string of the molecule is O=C(NCCN1CCN(C(=O)C2COc3ccccc3O2)CC1)c1ccsc1. The number of amides is 2. The first-order chi connectivity index (χ1) is 13.7. The van der Waals surface area contributed by atoms with E-state index in [9.17, 15) is 9.59 Å². The Bertz CT molecular complexity index is 819. The smallest absolute Gasteiger partial charge is 0.267 e. The molecule has 0 spiro atoms. The highest BCUT2D eigenvalue weighted by atomic mass is 32.1. The Kier molecular flexibility index (Phi) is 5.78. The molecule has 1 fully saturated rings. The lowest BCUT2D eigenvalue weighted by atomic mass is 10.2. The van der Waals surface area contributed by atoms with Crippen molar-refractivity contribution in [1.82, 2.24) is 15.1 Å². The Balaban J connectivity index is 1.20. The van der Waals surface area contributed by atoms with E-state index in [0.29, 0.717) is 36.7 Å². The Morgan fingerprint density at radius 1 is 1.11 bits per heavy atom. The van der Waals surface area contributed by atoms with Gasteiger partial charge in [0.2, 0.25) is 6.10 Å². The summed E-state index contributed by atoms with van der Waals surface area (Å²) in [7, 11) is 0. The van der Waals surface area contributed by atoms with E-state index in [1.165, 1.54) is 11.3 Å². The van der Waals surface area contributed by atoms with Crippen LogP contribution in [0.3, 0.4) is 0 Å². The maximum atomic E-state index is 12.8. The molecule has 3 heterocycles. The van der Waals surface area contributed by atoms with Crippen LogP contribution in [0.15, 0.2) is 41.1 Å². The van der Waals surface area contributed by atoms with Crippen LogP contribution < -0.4 is 14.8 Å². The van der Waals surface area contributed by atoms with Crippen molar-refractivity contribution >= 4 is 23.2 Å². The molecule has 2 aromatic rings. The van der Waals surface area contributed by atoms with E-state index in [2.05, 4.69) is 10.2 Å². The first-order valence-corrected chi connectivity index (χ1v) is 10.3. The van der Waals surface area contributed by atoms with E-state index in [1.807, 2.05) is 46.0 Å². The summed E-state index contributed by atoms with van der Waals surface area (Å²) in [6.45, 7) is 4.48. The molecule has 1 saturated heterocycles. The zero-order valence-electron chi connectivity index (χ0n) is 15.5. The predicted molar refractivity (Wildman–Crippen MR) is 106 cm³/mol. The fraction of sp³-hybridized carbons (Fsp3) is 0.400. The molecule has 0 saturated carbocycles. The van der Waals surface area contributed by atoms with Gasteiger partial charge >= 0.3 is 0 Å². The van der Waals surface area contributed by atoms with E-state index < -0.39 is 6.10 Å². The van der Waals surface area contributed by atoms with Crippen LogP contribution in [-0.4, -0.2) is 73.6 Å². The van der Waals surface area contributed by atoms with Gasteiger partial charge in [-0.15, -0.1) is 0 Å². The number of carbonyl (C=O) groups is 2. The summed E-state index contributed by atoms with van der Waals surface area (Å²) in [5, 5.41) is 6.67. The number of para-hydroxylation sites is 2. The van der Waals surface area contributed by atoms with Crippen molar-refractivity contribution in [3.05, 3.63) is 46.7 Å².